The molecule has 0 saturated heterocycles. The molecule has 5 nitrogen and oxygen atoms in total. The summed E-state index contributed by atoms with van der Waals surface area (Å²) in [6, 6.07) is -1.59. The van der Waals surface area contributed by atoms with Crippen LogP contribution >= 0.6 is 11.8 Å². The number of alkyl halides is 4. The number of carboxylic acids is 1. The lowest BCUT2D eigenvalue weighted by molar-refractivity contribution is -0.140. The summed E-state index contributed by atoms with van der Waals surface area (Å²) in [5.74, 6) is -5.22. The van der Waals surface area contributed by atoms with Crippen LogP contribution in [0.2, 0.25) is 0 Å². The highest BCUT2D eigenvalue weighted by atomic mass is 32.2. The molecule has 0 bridgehead atoms. The molecule has 0 spiro atoms. The molecular weight excluding hydrogens is 313 g/mol. The Balaban J connectivity index is 4.89. The quantitative estimate of drug-likeness (QED) is 0.553. The maximum atomic E-state index is 13.2. The van der Waals surface area contributed by atoms with Gasteiger partial charge in [0.05, 0.1) is 0 Å². The summed E-state index contributed by atoms with van der Waals surface area (Å²) in [5.41, 5.74) is 0. The van der Waals surface area contributed by atoms with E-state index in [9.17, 15) is 31.5 Å². The van der Waals surface area contributed by atoms with E-state index in [-0.39, 0.29) is 11.8 Å². The number of rotatable bonds is 7. The van der Waals surface area contributed by atoms with Crippen molar-refractivity contribution in [2.75, 3.05) is 12.6 Å². The summed E-state index contributed by atoms with van der Waals surface area (Å²) < 4.78 is 65.3. The Morgan fingerprint density at radius 2 is 1.95 bits per heavy atom. The van der Waals surface area contributed by atoms with Crippen LogP contribution in [0.5, 0.6) is 0 Å². The maximum Gasteiger partial charge on any atom is 0.452 e. The number of carbonyl (C=O) groups is 2. The number of carbonyl (C=O) groups excluding carboxylic acids is 1. The fraction of sp³-hybridized carbons (Fsp3) is 0.556. The lowest BCUT2D eigenvalue weighted by Crippen LogP contribution is -2.41. The van der Waals surface area contributed by atoms with E-state index in [1.807, 2.05) is 5.32 Å². The fourth-order valence-corrected chi connectivity index (χ4v) is 1.79. The Labute approximate surface area is 114 Å². The predicted octanol–water partition coefficient (Wildman–Crippen LogP) is 1.95. The SMILES string of the molecule is CC(=O)N[C@@H](CS/C(F)=C(/OCF)C(F)(F)F)C(=O)O. The summed E-state index contributed by atoms with van der Waals surface area (Å²) in [7, 11) is 0. The average Bonchev–Trinajstić information content (AvgIpc) is 2.28. The molecule has 0 rings (SSSR count). The molecule has 1 atom stereocenters. The van der Waals surface area contributed by atoms with Gasteiger partial charge in [-0.15, -0.1) is 0 Å². The zero-order chi connectivity index (χ0) is 15.9. The third-order valence-corrected chi connectivity index (χ3v) is 2.63. The van der Waals surface area contributed by atoms with Crippen molar-refractivity contribution < 1.29 is 41.4 Å². The molecule has 0 unspecified atom stereocenters. The van der Waals surface area contributed by atoms with Gasteiger partial charge >= 0.3 is 12.1 Å². The highest BCUT2D eigenvalue weighted by Gasteiger charge is 2.40. The van der Waals surface area contributed by atoms with E-state index in [4.69, 9.17) is 5.11 Å². The van der Waals surface area contributed by atoms with Gasteiger partial charge in [0.15, 0.2) is 0 Å². The number of thioether (sulfide) groups is 1. The Hall–Kier alpha value is -1.52. The second-order valence-electron chi connectivity index (χ2n) is 3.26. The highest BCUT2D eigenvalue weighted by molar-refractivity contribution is 8.02. The van der Waals surface area contributed by atoms with Gasteiger partial charge in [0.1, 0.15) is 6.04 Å². The monoisotopic (exact) mass is 323 g/mol. The largest absolute Gasteiger partial charge is 0.480 e. The van der Waals surface area contributed by atoms with E-state index >= 15 is 0 Å². The number of halogens is 5. The molecule has 2 N–H and O–H groups in total. The molecule has 20 heavy (non-hydrogen) atoms. The number of ether oxygens (including phenoxy) is 1. The first kappa shape index (κ1) is 18.5. The number of amides is 1. The van der Waals surface area contributed by atoms with Crippen molar-refractivity contribution in [1.82, 2.24) is 5.32 Å². The molecule has 0 aliphatic heterocycles. The van der Waals surface area contributed by atoms with Crippen LogP contribution in [0.15, 0.2) is 10.9 Å². The maximum absolute atomic E-state index is 13.2. The van der Waals surface area contributed by atoms with E-state index in [1.54, 1.807) is 0 Å². The minimum absolute atomic E-state index is 0.165. The van der Waals surface area contributed by atoms with Gasteiger partial charge < -0.3 is 15.2 Å². The van der Waals surface area contributed by atoms with E-state index in [1.165, 1.54) is 0 Å². The van der Waals surface area contributed by atoms with Crippen LogP contribution in [0.4, 0.5) is 22.0 Å². The highest BCUT2D eigenvalue weighted by Crippen LogP contribution is 2.34. The summed E-state index contributed by atoms with van der Waals surface area (Å²) in [6.45, 7) is -0.906. The average molecular weight is 323 g/mol. The molecule has 0 radical (unpaired) electrons. The van der Waals surface area contributed by atoms with Gasteiger partial charge in [0.25, 0.3) is 0 Å². The minimum Gasteiger partial charge on any atom is -0.480 e. The van der Waals surface area contributed by atoms with Gasteiger partial charge in [0, 0.05) is 12.7 Å². The normalized spacial score (nSPS) is 14.3. The molecule has 0 heterocycles. The van der Waals surface area contributed by atoms with Crippen molar-refractivity contribution in [3.05, 3.63) is 10.9 Å². The van der Waals surface area contributed by atoms with E-state index < -0.39 is 47.6 Å². The van der Waals surface area contributed by atoms with Gasteiger partial charge in [0.2, 0.25) is 23.7 Å². The Bertz CT molecular complexity index is 398. The lowest BCUT2D eigenvalue weighted by Gasteiger charge is -2.14. The fourth-order valence-electron chi connectivity index (χ4n) is 0.947. The molecule has 1 amide bonds. The van der Waals surface area contributed by atoms with Crippen LogP contribution in [-0.4, -0.2) is 41.8 Å². The van der Waals surface area contributed by atoms with Gasteiger partial charge in [-0.1, -0.05) is 11.8 Å². The predicted molar refractivity (Wildman–Crippen MR) is 58.9 cm³/mol. The number of carboxylic acid groups (broad SMARTS) is 1. The summed E-state index contributed by atoms with van der Waals surface area (Å²) in [6.07, 6.45) is -5.25. The van der Waals surface area contributed by atoms with Crippen molar-refractivity contribution in [3.63, 3.8) is 0 Å². The molecule has 0 aromatic rings. The van der Waals surface area contributed by atoms with Crippen molar-refractivity contribution in [1.29, 1.82) is 0 Å². The second kappa shape index (κ2) is 7.92. The zero-order valence-electron chi connectivity index (χ0n) is 9.96. The number of nitrogens with one attached hydrogen (secondary N) is 1. The van der Waals surface area contributed by atoms with Gasteiger partial charge in [-0.2, -0.15) is 17.6 Å². The minimum atomic E-state index is -5.25. The summed E-state index contributed by atoms with van der Waals surface area (Å²) in [5, 5.41) is 8.63. The van der Waals surface area contributed by atoms with Crippen molar-refractivity contribution in [2.24, 2.45) is 0 Å². The van der Waals surface area contributed by atoms with Gasteiger partial charge in [-0.25, -0.2) is 9.18 Å². The number of allylic oxidation sites excluding steroid dienone is 1. The van der Waals surface area contributed by atoms with Crippen LogP contribution in [0.1, 0.15) is 6.92 Å². The van der Waals surface area contributed by atoms with Crippen LogP contribution in [0.25, 0.3) is 0 Å². The first-order valence-electron chi connectivity index (χ1n) is 4.88. The van der Waals surface area contributed by atoms with Crippen molar-refractivity contribution >= 4 is 23.6 Å². The Morgan fingerprint density at radius 1 is 1.40 bits per heavy atom. The number of hydrogen-bond acceptors (Lipinski definition) is 4. The first-order valence-corrected chi connectivity index (χ1v) is 5.86. The van der Waals surface area contributed by atoms with Crippen LogP contribution < -0.4 is 5.32 Å². The Kier molecular flexibility index (Phi) is 7.32. The summed E-state index contributed by atoms with van der Waals surface area (Å²) >= 11 is -0.165. The van der Waals surface area contributed by atoms with Crippen molar-refractivity contribution in [3.8, 4) is 0 Å². The van der Waals surface area contributed by atoms with E-state index in [0.717, 1.165) is 6.92 Å². The third kappa shape index (κ3) is 6.59. The smallest absolute Gasteiger partial charge is 0.452 e. The molecule has 116 valence electrons. The summed E-state index contributed by atoms with van der Waals surface area (Å²) in [4.78, 5) is 21.3. The molecule has 0 aromatic heterocycles. The molecule has 0 aromatic carbocycles. The number of aliphatic carboxylic acids is 1. The standard InChI is InChI=1S/C9H10F5NO4S/c1-4(16)15-5(8(17)18)2-20-7(11)6(19-3-10)9(12,13)14/h5H,2-3H2,1H3,(H,15,16)(H,17,18)/b7-6+/t5-/m0/s1. The first-order chi connectivity index (χ1) is 9.09. The third-order valence-electron chi connectivity index (χ3n) is 1.69. The molecular formula is C9H10F5NO4S. The Morgan fingerprint density at radius 3 is 2.30 bits per heavy atom. The van der Waals surface area contributed by atoms with Gasteiger partial charge in [-0.05, 0) is 0 Å². The van der Waals surface area contributed by atoms with Crippen LogP contribution in [-0.2, 0) is 14.3 Å². The zero-order valence-corrected chi connectivity index (χ0v) is 10.8. The molecule has 0 aliphatic carbocycles. The van der Waals surface area contributed by atoms with Gasteiger partial charge in [-0.3, -0.25) is 4.79 Å². The van der Waals surface area contributed by atoms with Crippen molar-refractivity contribution in [2.45, 2.75) is 19.1 Å². The van der Waals surface area contributed by atoms with Crippen LogP contribution in [0, 0.1) is 0 Å². The molecule has 11 heteroatoms. The second-order valence-corrected chi connectivity index (χ2v) is 4.24. The van der Waals surface area contributed by atoms with Crippen LogP contribution in [0.3, 0.4) is 0 Å². The molecule has 0 fully saturated rings. The van der Waals surface area contributed by atoms with E-state index in [0.29, 0.717) is 0 Å². The number of hydrogen-bond donors (Lipinski definition) is 2. The molecule has 0 aliphatic rings. The lowest BCUT2D eigenvalue weighted by atomic mass is 10.3. The topological polar surface area (TPSA) is 75.6 Å². The molecule has 0 saturated carbocycles. The van der Waals surface area contributed by atoms with E-state index in [2.05, 4.69) is 4.74 Å².